The first-order valence-electron chi connectivity index (χ1n) is 5.07. The zero-order valence-corrected chi connectivity index (χ0v) is 9.38. The summed E-state index contributed by atoms with van der Waals surface area (Å²) in [6, 6.07) is -0.838. The van der Waals surface area contributed by atoms with Gasteiger partial charge in [-0.15, -0.1) is 0 Å². The average Bonchev–Trinajstić information content (AvgIpc) is 2.19. The SMILES string of the molecule is CCN(CC(F)(F)F)C(=O)NCCCC(=O)O. The van der Waals surface area contributed by atoms with E-state index in [0.717, 1.165) is 0 Å². The first-order chi connectivity index (χ1) is 7.76. The summed E-state index contributed by atoms with van der Waals surface area (Å²) in [5.74, 6) is -1.01. The van der Waals surface area contributed by atoms with Gasteiger partial charge in [0, 0.05) is 19.5 Å². The number of carbonyl (C=O) groups is 2. The lowest BCUT2D eigenvalue weighted by molar-refractivity contribution is -0.139. The molecule has 5 nitrogen and oxygen atoms in total. The molecule has 0 bridgehead atoms. The molecule has 0 spiro atoms. The molecule has 17 heavy (non-hydrogen) atoms. The number of hydrogen-bond donors (Lipinski definition) is 2. The number of nitrogens with one attached hydrogen (secondary N) is 1. The van der Waals surface area contributed by atoms with E-state index in [4.69, 9.17) is 5.11 Å². The van der Waals surface area contributed by atoms with E-state index in [1.807, 2.05) is 0 Å². The van der Waals surface area contributed by atoms with Crippen LogP contribution in [0.2, 0.25) is 0 Å². The number of carboxylic acid groups (broad SMARTS) is 1. The van der Waals surface area contributed by atoms with Crippen molar-refractivity contribution in [3.05, 3.63) is 0 Å². The third kappa shape index (κ3) is 8.35. The van der Waals surface area contributed by atoms with E-state index in [1.165, 1.54) is 6.92 Å². The van der Waals surface area contributed by atoms with Crippen LogP contribution >= 0.6 is 0 Å². The van der Waals surface area contributed by atoms with E-state index >= 15 is 0 Å². The Balaban J connectivity index is 3.97. The van der Waals surface area contributed by atoms with Crippen molar-refractivity contribution in [2.45, 2.75) is 25.9 Å². The molecule has 0 saturated heterocycles. The highest BCUT2D eigenvalue weighted by atomic mass is 19.4. The summed E-state index contributed by atoms with van der Waals surface area (Å²) in [6.45, 7) is 0.0978. The standard InChI is InChI=1S/C9H15F3N2O3/c1-2-14(6-9(10,11)12)8(17)13-5-3-4-7(15)16/h2-6H2,1H3,(H,13,17)(H,15,16). The molecule has 2 N–H and O–H groups in total. The molecule has 0 saturated carbocycles. The summed E-state index contributed by atoms with van der Waals surface area (Å²) >= 11 is 0. The van der Waals surface area contributed by atoms with Gasteiger partial charge in [0.05, 0.1) is 0 Å². The van der Waals surface area contributed by atoms with Crippen molar-refractivity contribution in [2.24, 2.45) is 0 Å². The van der Waals surface area contributed by atoms with Gasteiger partial charge in [-0.3, -0.25) is 4.79 Å². The van der Waals surface area contributed by atoms with Crippen LogP contribution in [-0.4, -0.2) is 47.8 Å². The fourth-order valence-corrected chi connectivity index (χ4v) is 1.09. The van der Waals surface area contributed by atoms with Crippen molar-refractivity contribution in [3.63, 3.8) is 0 Å². The third-order valence-corrected chi connectivity index (χ3v) is 1.88. The molecule has 0 radical (unpaired) electrons. The number of halogens is 3. The zero-order valence-electron chi connectivity index (χ0n) is 9.38. The predicted octanol–water partition coefficient (Wildman–Crippen LogP) is 1.45. The summed E-state index contributed by atoms with van der Waals surface area (Å²) in [5, 5.41) is 10.6. The van der Waals surface area contributed by atoms with Gasteiger partial charge >= 0.3 is 18.2 Å². The van der Waals surface area contributed by atoms with Crippen LogP contribution in [0, 0.1) is 0 Å². The van der Waals surface area contributed by atoms with Gasteiger partial charge in [0.15, 0.2) is 0 Å². The molecular formula is C9H15F3N2O3. The van der Waals surface area contributed by atoms with Crippen LogP contribution < -0.4 is 5.32 Å². The van der Waals surface area contributed by atoms with E-state index in [9.17, 15) is 22.8 Å². The Morgan fingerprint density at radius 3 is 2.35 bits per heavy atom. The van der Waals surface area contributed by atoms with Crippen LogP contribution in [0.25, 0.3) is 0 Å². The molecule has 100 valence electrons. The van der Waals surface area contributed by atoms with Crippen molar-refractivity contribution in [2.75, 3.05) is 19.6 Å². The number of alkyl halides is 3. The van der Waals surface area contributed by atoms with Crippen LogP contribution in [0.3, 0.4) is 0 Å². The van der Waals surface area contributed by atoms with Gasteiger partial charge in [-0.05, 0) is 13.3 Å². The number of hydrogen-bond acceptors (Lipinski definition) is 2. The van der Waals surface area contributed by atoms with E-state index in [0.29, 0.717) is 4.90 Å². The van der Waals surface area contributed by atoms with Crippen molar-refractivity contribution in [3.8, 4) is 0 Å². The smallest absolute Gasteiger partial charge is 0.406 e. The van der Waals surface area contributed by atoms with E-state index in [-0.39, 0.29) is 25.9 Å². The summed E-state index contributed by atoms with van der Waals surface area (Å²) in [6.07, 6.45) is -4.38. The highest BCUT2D eigenvalue weighted by molar-refractivity contribution is 5.74. The van der Waals surface area contributed by atoms with E-state index in [2.05, 4.69) is 5.32 Å². The molecule has 0 rings (SSSR count). The van der Waals surface area contributed by atoms with Gasteiger partial charge in [-0.25, -0.2) is 4.79 Å². The van der Waals surface area contributed by atoms with E-state index < -0.39 is 24.7 Å². The predicted molar refractivity (Wildman–Crippen MR) is 53.6 cm³/mol. The highest BCUT2D eigenvalue weighted by Gasteiger charge is 2.32. The van der Waals surface area contributed by atoms with Gasteiger partial charge in [-0.2, -0.15) is 13.2 Å². The number of amides is 2. The minimum absolute atomic E-state index is 0.0412. The lowest BCUT2D eigenvalue weighted by Gasteiger charge is -2.22. The zero-order chi connectivity index (χ0) is 13.5. The molecule has 0 fully saturated rings. The van der Waals surface area contributed by atoms with Gasteiger partial charge < -0.3 is 15.3 Å². The fraction of sp³-hybridized carbons (Fsp3) is 0.778. The first kappa shape index (κ1) is 15.5. The summed E-state index contributed by atoms with van der Waals surface area (Å²) in [5.41, 5.74) is 0. The molecule has 0 aliphatic rings. The quantitative estimate of drug-likeness (QED) is 0.706. The second kappa shape index (κ2) is 6.97. The van der Waals surface area contributed by atoms with Crippen LogP contribution in [-0.2, 0) is 4.79 Å². The minimum atomic E-state index is -4.44. The molecule has 0 atom stereocenters. The Morgan fingerprint density at radius 1 is 1.35 bits per heavy atom. The minimum Gasteiger partial charge on any atom is -0.481 e. The van der Waals surface area contributed by atoms with Crippen LogP contribution in [0.1, 0.15) is 19.8 Å². The van der Waals surface area contributed by atoms with Crippen molar-refractivity contribution in [1.29, 1.82) is 0 Å². The maximum absolute atomic E-state index is 12.0. The van der Waals surface area contributed by atoms with Gasteiger partial charge in [0.25, 0.3) is 0 Å². The normalized spacial score (nSPS) is 11.1. The topological polar surface area (TPSA) is 69.6 Å². The second-order valence-electron chi connectivity index (χ2n) is 3.36. The molecule has 0 aliphatic heterocycles. The average molecular weight is 256 g/mol. The summed E-state index contributed by atoms with van der Waals surface area (Å²) in [7, 11) is 0. The molecule has 0 aromatic heterocycles. The Kier molecular flexibility index (Phi) is 6.37. The van der Waals surface area contributed by atoms with Crippen LogP contribution in [0.4, 0.5) is 18.0 Å². The third-order valence-electron chi connectivity index (χ3n) is 1.88. The maximum Gasteiger partial charge on any atom is 0.406 e. The van der Waals surface area contributed by atoms with Gasteiger partial charge in [0.2, 0.25) is 0 Å². The largest absolute Gasteiger partial charge is 0.481 e. The molecule has 0 aromatic rings. The van der Waals surface area contributed by atoms with Gasteiger partial charge in [0.1, 0.15) is 6.54 Å². The summed E-state index contributed by atoms with van der Waals surface area (Å²) in [4.78, 5) is 22.0. The second-order valence-corrected chi connectivity index (χ2v) is 3.36. The number of rotatable bonds is 6. The molecule has 0 unspecified atom stereocenters. The number of nitrogens with zero attached hydrogens (tertiary/aromatic N) is 1. The lowest BCUT2D eigenvalue weighted by Crippen LogP contribution is -2.44. The molecule has 0 aromatic carbocycles. The van der Waals surface area contributed by atoms with Crippen molar-refractivity contribution in [1.82, 2.24) is 10.2 Å². The van der Waals surface area contributed by atoms with Crippen molar-refractivity contribution < 1.29 is 27.9 Å². The summed E-state index contributed by atoms with van der Waals surface area (Å²) < 4.78 is 36.1. The molecular weight excluding hydrogens is 241 g/mol. The molecule has 0 heterocycles. The van der Waals surface area contributed by atoms with Crippen LogP contribution in [0.15, 0.2) is 0 Å². The fourth-order valence-electron chi connectivity index (χ4n) is 1.09. The Hall–Kier alpha value is -1.47. The Labute approximate surface area is 96.6 Å². The first-order valence-corrected chi connectivity index (χ1v) is 5.07. The Bertz CT molecular complexity index is 269. The van der Waals surface area contributed by atoms with Crippen LogP contribution in [0.5, 0.6) is 0 Å². The maximum atomic E-state index is 12.0. The highest BCUT2D eigenvalue weighted by Crippen LogP contribution is 2.16. The van der Waals surface area contributed by atoms with E-state index in [1.54, 1.807) is 0 Å². The van der Waals surface area contributed by atoms with Crippen molar-refractivity contribution >= 4 is 12.0 Å². The molecule has 0 aliphatic carbocycles. The number of carboxylic acids is 1. The number of aliphatic carboxylic acids is 1. The molecule has 2 amide bonds. The Morgan fingerprint density at radius 2 is 1.94 bits per heavy atom. The number of urea groups is 1. The molecule has 8 heteroatoms. The van der Waals surface area contributed by atoms with Gasteiger partial charge in [-0.1, -0.05) is 0 Å². The lowest BCUT2D eigenvalue weighted by atomic mass is 10.3. The number of carbonyl (C=O) groups excluding carboxylic acids is 1. The monoisotopic (exact) mass is 256 g/mol.